The molecule has 0 bridgehead atoms. The molecule has 0 aliphatic carbocycles. The van der Waals surface area contributed by atoms with E-state index in [0.717, 1.165) is 33.4 Å². The van der Waals surface area contributed by atoms with Crippen molar-refractivity contribution in [1.29, 1.82) is 0 Å². The summed E-state index contributed by atoms with van der Waals surface area (Å²) in [5.41, 5.74) is 7.26. The number of halogens is 1. The molecular formula is C16H14ClN3. The van der Waals surface area contributed by atoms with Gasteiger partial charge in [0.05, 0.1) is 21.9 Å². The van der Waals surface area contributed by atoms with E-state index < -0.39 is 0 Å². The maximum absolute atomic E-state index is 6.32. The van der Waals surface area contributed by atoms with Gasteiger partial charge in [0.25, 0.3) is 0 Å². The van der Waals surface area contributed by atoms with Gasteiger partial charge in [-0.15, -0.1) is 0 Å². The van der Waals surface area contributed by atoms with Gasteiger partial charge in [0, 0.05) is 10.9 Å². The van der Waals surface area contributed by atoms with Crippen molar-refractivity contribution in [1.82, 2.24) is 4.98 Å². The van der Waals surface area contributed by atoms with E-state index in [1.165, 1.54) is 0 Å². The fourth-order valence-corrected chi connectivity index (χ4v) is 2.61. The van der Waals surface area contributed by atoms with Gasteiger partial charge in [-0.2, -0.15) is 0 Å². The van der Waals surface area contributed by atoms with Crippen LogP contribution in [0.5, 0.6) is 0 Å². The van der Waals surface area contributed by atoms with E-state index in [4.69, 9.17) is 17.4 Å². The molecule has 0 spiro atoms. The zero-order chi connectivity index (χ0) is 14.1. The van der Waals surface area contributed by atoms with Crippen molar-refractivity contribution in [2.24, 2.45) is 5.84 Å². The van der Waals surface area contributed by atoms with Crippen LogP contribution in [-0.4, -0.2) is 4.98 Å². The van der Waals surface area contributed by atoms with Gasteiger partial charge in [0.15, 0.2) is 0 Å². The molecule has 0 amide bonds. The standard InChI is InChI=1S/C16H14ClN3/c1-10-7-12-15(20-18)9-14(11-5-3-2-4-6-11)19-16(12)13(17)8-10/h2-9H,18H2,1H3,(H,19,20). The fourth-order valence-electron chi connectivity index (χ4n) is 2.30. The highest BCUT2D eigenvalue weighted by molar-refractivity contribution is 6.35. The summed E-state index contributed by atoms with van der Waals surface area (Å²) in [6.07, 6.45) is 0. The molecule has 0 unspecified atom stereocenters. The Morgan fingerprint density at radius 1 is 1.10 bits per heavy atom. The van der Waals surface area contributed by atoms with Crippen LogP contribution < -0.4 is 11.3 Å². The van der Waals surface area contributed by atoms with Crippen molar-refractivity contribution < 1.29 is 0 Å². The summed E-state index contributed by atoms with van der Waals surface area (Å²) in [5.74, 6) is 5.64. The number of pyridine rings is 1. The molecule has 3 rings (SSSR count). The van der Waals surface area contributed by atoms with E-state index in [2.05, 4.69) is 10.4 Å². The van der Waals surface area contributed by atoms with E-state index >= 15 is 0 Å². The van der Waals surface area contributed by atoms with Crippen LogP contribution in [0.3, 0.4) is 0 Å². The lowest BCUT2D eigenvalue weighted by atomic mass is 10.1. The summed E-state index contributed by atoms with van der Waals surface area (Å²) in [6.45, 7) is 2.00. The van der Waals surface area contributed by atoms with Gasteiger partial charge in [-0.25, -0.2) is 4.98 Å². The first kappa shape index (κ1) is 12.9. The van der Waals surface area contributed by atoms with Gasteiger partial charge in [0.1, 0.15) is 0 Å². The van der Waals surface area contributed by atoms with Crippen molar-refractivity contribution in [2.45, 2.75) is 6.92 Å². The second-order valence-electron chi connectivity index (χ2n) is 4.71. The molecule has 3 nitrogen and oxygen atoms in total. The zero-order valence-electron chi connectivity index (χ0n) is 11.0. The zero-order valence-corrected chi connectivity index (χ0v) is 11.8. The van der Waals surface area contributed by atoms with E-state index in [0.29, 0.717) is 5.02 Å². The summed E-state index contributed by atoms with van der Waals surface area (Å²) in [6, 6.07) is 15.8. The molecule has 0 aliphatic heterocycles. The Morgan fingerprint density at radius 2 is 1.85 bits per heavy atom. The third kappa shape index (κ3) is 2.22. The van der Waals surface area contributed by atoms with Crippen LogP contribution in [0.4, 0.5) is 5.69 Å². The first-order valence-corrected chi connectivity index (χ1v) is 6.70. The molecule has 1 heterocycles. The van der Waals surface area contributed by atoms with Gasteiger partial charge in [-0.3, -0.25) is 5.84 Å². The molecule has 0 radical (unpaired) electrons. The predicted octanol–water partition coefficient (Wildman–Crippen LogP) is 4.15. The summed E-state index contributed by atoms with van der Waals surface area (Å²) in [5, 5.41) is 1.56. The highest BCUT2D eigenvalue weighted by Gasteiger charge is 2.10. The average Bonchev–Trinajstić information content (AvgIpc) is 2.47. The van der Waals surface area contributed by atoms with Crippen molar-refractivity contribution >= 4 is 28.2 Å². The van der Waals surface area contributed by atoms with Crippen LogP contribution in [-0.2, 0) is 0 Å². The number of nitrogen functional groups attached to an aromatic ring is 1. The Morgan fingerprint density at radius 3 is 2.55 bits per heavy atom. The van der Waals surface area contributed by atoms with Gasteiger partial charge in [-0.05, 0) is 30.7 Å². The monoisotopic (exact) mass is 283 g/mol. The molecule has 0 fully saturated rings. The van der Waals surface area contributed by atoms with Gasteiger partial charge in [-0.1, -0.05) is 41.9 Å². The predicted molar refractivity (Wildman–Crippen MR) is 84.7 cm³/mol. The molecule has 3 aromatic rings. The molecule has 0 saturated heterocycles. The Balaban J connectivity index is 2.32. The Bertz CT molecular complexity index is 770. The maximum atomic E-state index is 6.32. The van der Waals surface area contributed by atoms with Crippen LogP contribution in [0.1, 0.15) is 5.56 Å². The lowest BCUT2D eigenvalue weighted by Gasteiger charge is -2.11. The number of hydrogen-bond donors (Lipinski definition) is 2. The minimum Gasteiger partial charge on any atom is -0.323 e. The van der Waals surface area contributed by atoms with E-state index in [1.807, 2.05) is 55.5 Å². The van der Waals surface area contributed by atoms with E-state index in [-0.39, 0.29) is 0 Å². The number of aryl methyl sites for hydroxylation is 1. The highest BCUT2D eigenvalue weighted by atomic mass is 35.5. The molecule has 100 valence electrons. The molecule has 3 N–H and O–H groups in total. The van der Waals surface area contributed by atoms with Gasteiger partial charge in [0.2, 0.25) is 0 Å². The van der Waals surface area contributed by atoms with Crippen LogP contribution in [0.15, 0.2) is 48.5 Å². The number of nitrogens with zero attached hydrogens (tertiary/aromatic N) is 1. The molecule has 1 aromatic heterocycles. The minimum absolute atomic E-state index is 0.634. The number of aromatic nitrogens is 1. The number of anilines is 1. The van der Waals surface area contributed by atoms with Crippen LogP contribution in [0.25, 0.3) is 22.2 Å². The largest absolute Gasteiger partial charge is 0.323 e. The number of nitrogens with one attached hydrogen (secondary N) is 1. The minimum atomic E-state index is 0.634. The Kier molecular flexibility index (Phi) is 3.30. The smallest absolute Gasteiger partial charge is 0.0917 e. The molecule has 0 atom stereocenters. The topological polar surface area (TPSA) is 50.9 Å². The first-order chi connectivity index (χ1) is 9.69. The van der Waals surface area contributed by atoms with E-state index in [1.54, 1.807) is 0 Å². The number of fused-ring (bicyclic) bond motifs is 1. The number of hydrazine groups is 1. The first-order valence-electron chi connectivity index (χ1n) is 6.32. The Labute approximate surface area is 122 Å². The van der Waals surface area contributed by atoms with Crippen LogP contribution in [0.2, 0.25) is 5.02 Å². The molecule has 20 heavy (non-hydrogen) atoms. The van der Waals surface area contributed by atoms with E-state index in [9.17, 15) is 0 Å². The number of benzene rings is 2. The molecule has 4 heteroatoms. The van der Waals surface area contributed by atoms with Gasteiger partial charge < -0.3 is 5.43 Å². The molecule has 0 aliphatic rings. The lowest BCUT2D eigenvalue weighted by Crippen LogP contribution is -2.08. The quantitative estimate of drug-likeness (QED) is 0.549. The highest BCUT2D eigenvalue weighted by Crippen LogP contribution is 2.32. The molecule has 2 aromatic carbocycles. The second-order valence-corrected chi connectivity index (χ2v) is 5.12. The lowest BCUT2D eigenvalue weighted by molar-refractivity contribution is 1.33. The third-order valence-electron chi connectivity index (χ3n) is 3.24. The van der Waals surface area contributed by atoms with Crippen molar-refractivity contribution in [2.75, 3.05) is 5.43 Å². The summed E-state index contributed by atoms with van der Waals surface area (Å²) >= 11 is 6.32. The second kappa shape index (κ2) is 5.12. The van der Waals surface area contributed by atoms with Crippen LogP contribution in [0, 0.1) is 6.92 Å². The third-order valence-corrected chi connectivity index (χ3v) is 3.52. The SMILES string of the molecule is Cc1cc(Cl)c2nc(-c3ccccc3)cc(NN)c2c1. The van der Waals surface area contributed by atoms with Crippen molar-refractivity contribution in [3.05, 3.63) is 59.1 Å². The van der Waals surface area contributed by atoms with Crippen molar-refractivity contribution in [3.63, 3.8) is 0 Å². The maximum Gasteiger partial charge on any atom is 0.0917 e. The molecule has 0 saturated carbocycles. The number of nitrogens with two attached hydrogens (primary N) is 1. The summed E-state index contributed by atoms with van der Waals surface area (Å²) in [4.78, 5) is 4.67. The normalized spacial score (nSPS) is 10.8. The summed E-state index contributed by atoms with van der Waals surface area (Å²) in [7, 11) is 0. The summed E-state index contributed by atoms with van der Waals surface area (Å²) < 4.78 is 0. The van der Waals surface area contributed by atoms with Crippen molar-refractivity contribution in [3.8, 4) is 11.3 Å². The average molecular weight is 284 g/mol. The molecular weight excluding hydrogens is 270 g/mol. The number of rotatable bonds is 2. The fraction of sp³-hybridized carbons (Fsp3) is 0.0625. The Hall–Kier alpha value is -2.10. The van der Waals surface area contributed by atoms with Crippen LogP contribution >= 0.6 is 11.6 Å². The van der Waals surface area contributed by atoms with Gasteiger partial charge >= 0.3 is 0 Å². The number of hydrogen-bond acceptors (Lipinski definition) is 3.